The van der Waals surface area contributed by atoms with Crippen molar-refractivity contribution < 1.29 is 18.0 Å². The fraction of sp³-hybridized carbons (Fsp3) is 0.160. The number of halogens is 4. The van der Waals surface area contributed by atoms with E-state index in [1.165, 1.54) is 17.8 Å². The molecule has 10 heteroatoms. The van der Waals surface area contributed by atoms with E-state index in [0.29, 0.717) is 22.1 Å². The summed E-state index contributed by atoms with van der Waals surface area (Å²) in [6.07, 6.45) is -4.40. The Bertz CT molecular complexity index is 1340. The molecular weight excluding hydrogens is 541 g/mol. The van der Waals surface area contributed by atoms with Crippen LogP contribution in [-0.4, -0.2) is 20.7 Å². The molecule has 4 rings (SSSR count). The number of alkyl halides is 3. The van der Waals surface area contributed by atoms with Gasteiger partial charge >= 0.3 is 6.18 Å². The molecule has 0 saturated carbocycles. The van der Waals surface area contributed by atoms with Crippen molar-refractivity contribution in [2.75, 3.05) is 0 Å². The highest BCUT2D eigenvalue weighted by atomic mass is 79.9. The normalized spacial score (nSPS) is 11.5. The molecule has 0 saturated heterocycles. The van der Waals surface area contributed by atoms with Crippen molar-refractivity contribution in [1.29, 1.82) is 0 Å². The highest BCUT2D eigenvalue weighted by Gasteiger charge is 2.30. The van der Waals surface area contributed by atoms with Gasteiger partial charge in [-0.25, -0.2) is 0 Å². The van der Waals surface area contributed by atoms with Crippen LogP contribution in [0.3, 0.4) is 0 Å². The van der Waals surface area contributed by atoms with Crippen LogP contribution in [0.15, 0.2) is 82.4 Å². The summed E-state index contributed by atoms with van der Waals surface area (Å²) in [6.45, 7) is 2.04. The van der Waals surface area contributed by atoms with Gasteiger partial charge in [-0.1, -0.05) is 63.6 Å². The Labute approximate surface area is 212 Å². The van der Waals surface area contributed by atoms with Gasteiger partial charge in [0.15, 0.2) is 11.0 Å². The summed E-state index contributed by atoms with van der Waals surface area (Å²) in [5.74, 6) is 0.533. The molecule has 0 radical (unpaired) electrons. The average molecular weight is 561 g/mol. The number of hydrogen-bond donors (Lipinski definition) is 1. The molecule has 35 heavy (non-hydrogen) atoms. The van der Waals surface area contributed by atoms with Crippen molar-refractivity contribution in [2.45, 2.75) is 30.6 Å². The number of carbonyl (C=O) groups excluding carboxylic acids is 1. The van der Waals surface area contributed by atoms with Crippen molar-refractivity contribution in [3.63, 3.8) is 0 Å². The van der Waals surface area contributed by atoms with Crippen LogP contribution < -0.4 is 5.32 Å². The second kappa shape index (κ2) is 10.7. The monoisotopic (exact) mass is 560 g/mol. The standard InChI is InChI=1S/C25H20BrF3N4OS/c1-16-4-2-6-18(12-16)23(34)30-14-22-31-32-24(33(22)21-10-8-20(26)9-11-21)35-15-17-5-3-7-19(13-17)25(27,28)29/h2-13H,14-15H2,1H3,(H,30,34). The van der Waals surface area contributed by atoms with Crippen molar-refractivity contribution in [3.8, 4) is 5.69 Å². The topological polar surface area (TPSA) is 59.8 Å². The zero-order chi connectivity index (χ0) is 25.0. The number of aromatic nitrogens is 3. The number of amides is 1. The lowest BCUT2D eigenvalue weighted by molar-refractivity contribution is -0.137. The minimum absolute atomic E-state index is 0.125. The van der Waals surface area contributed by atoms with Crippen LogP contribution in [0.25, 0.3) is 5.69 Å². The highest BCUT2D eigenvalue weighted by Crippen LogP contribution is 2.31. The van der Waals surface area contributed by atoms with Gasteiger partial charge in [0.2, 0.25) is 0 Å². The Balaban J connectivity index is 1.57. The van der Waals surface area contributed by atoms with E-state index in [-0.39, 0.29) is 18.2 Å². The smallest absolute Gasteiger partial charge is 0.345 e. The molecule has 1 N–H and O–H groups in total. The molecule has 0 bridgehead atoms. The quantitative estimate of drug-likeness (QED) is 0.259. The summed E-state index contributed by atoms with van der Waals surface area (Å²) in [5.41, 5.74) is 2.11. The molecule has 180 valence electrons. The summed E-state index contributed by atoms with van der Waals surface area (Å²) in [4.78, 5) is 12.6. The van der Waals surface area contributed by atoms with Gasteiger partial charge in [0, 0.05) is 21.5 Å². The number of carbonyl (C=O) groups is 1. The number of aryl methyl sites for hydroxylation is 1. The second-order valence-corrected chi connectivity index (χ2v) is 9.61. The van der Waals surface area contributed by atoms with Gasteiger partial charge in [-0.05, 0) is 55.0 Å². The molecule has 0 fully saturated rings. The predicted molar refractivity (Wildman–Crippen MR) is 132 cm³/mol. The second-order valence-electron chi connectivity index (χ2n) is 7.75. The third kappa shape index (κ3) is 6.32. The predicted octanol–water partition coefficient (Wildman–Crippen LogP) is 6.58. The summed E-state index contributed by atoms with van der Waals surface area (Å²) in [5, 5.41) is 11.9. The third-order valence-corrected chi connectivity index (χ3v) is 6.62. The number of nitrogens with one attached hydrogen (secondary N) is 1. The van der Waals surface area contributed by atoms with Gasteiger partial charge in [-0.15, -0.1) is 10.2 Å². The fourth-order valence-corrected chi connectivity index (χ4v) is 4.57. The zero-order valence-electron chi connectivity index (χ0n) is 18.5. The third-order valence-electron chi connectivity index (χ3n) is 5.09. The minimum Gasteiger partial charge on any atom is -0.345 e. The number of hydrogen-bond acceptors (Lipinski definition) is 4. The van der Waals surface area contributed by atoms with E-state index in [4.69, 9.17) is 0 Å². The van der Waals surface area contributed by atoms with Crippen molar-refractivity contribution in [2.24, 2.45) is 0 Å². The van der Waals surface area contributed by atoms with Crippen molar-refractivity contribution >= 4 is 33.6 Å². The molecule has 5 nitrogen and oxygen atoms in total. The van der Waals surface area contributed by atoms with E-state index < -0.39 is 11.7 Å². The molecular formula is C25H20BrF3N4OS. The molecule has 0 unspecified atom stereocenters. The van der Waals surface area contributed by atoms with Crippen molar-refractivity contribution in [3.05, 3.63) is 105 Å². The largest absolute Gasteiger partial charge is 0.416 e. The van der Waals surface area contributed by atoms with Crippen LogP contribution in [0.2, 0.25) is 0 Å². The van der Waals surface area contributed by atoms with Crippen molar-refractivity contribution in [1.82, 2.24) is 20.1 Å². The summed E-state index contributed by atoms with van der Waals surface area (Å²) in [7, 11) is 0. The number of rotatable bonds is 7. The maximum atomic E-state index is 13.1. The first-order valence-electron chi connectivity index (χ1n) is 10.5. The Morgan fingerprint density at radius 2 is 1.77 bits per heavy atom. The van der Waals surface area contributed by atoms with Crippen LogP contribution in [0.5, 0.6) is 0 Å². The maximum Gasteiger partial charge on any atom is 0.416 e. The SMILES string of the molecule is Cc1cccc(C(=O)NCc2nnc(SCc3cccc(C(F)(F)F)c3)n2-c2ccc(Br)cc2)c1. The lowest BCUT2D eigenvalue weighted by atomic mass is 10.1. The van der Waals surface area contributed by atoms with Crippen LogP contribution in [0, 0.1) is 6.92 Å². The van der Waals surface area contributed by atoms with Gasteiger partial charge in [0.05, 0.1) is 12.1 Å². The Hall–Kier alpha value is -3.11. The first kappa shape index (κ1) is 25.0. The average Bonchev–Trinajstić information content (AvgIpc) is 3.24. The van der Waals surface area contributed by atoms with Crippen LogP contribution in [-0.2, 0) is 18.5 Å². The molecule has 0 spiro atoms. The number of nitrogens with zero attached hydrogens (tertiary/aromatic N) is 3. The highest BCUT2D eigenvalue weighted by molar-refractivity contribution is 9.10. The van der Waals surface area contributed by atoms with E-state index in [1.54, 1.807) is 22.8 Å². The fourth-order valence-electron chi connectivity index (χ4n) is 3.39. The Morgan fingerprint density at radius 3 is 2.49 bits per heavy atom. The first-order chi connectivity index (χ1) is 16.7. The molecule has 1 heterocycles. The molecule has 0 atom stereocenters. The lowest BCUT2D eigenvalue weighted by Crippen LogP contribution is -2.24. The van der Waals surface area contributed by atoms with Crippen LogP contribution in [0.1, 0.15) is 32.9 Å². The molecule has 0 aliphatic heterocycles. The van der Waals surface area contributed by atoms with E-state index in [9.17, 15) is 18.0 Å². The first-order valence-corrected chi connectivity index (χ1v) is 12.3. The summed E-state index contributed by atoms with van der Waals surface area (Å²) >= 11 is 4.69. The van der Waals surface area contributed by atoms with Crippen LogP contribution in [0.4, 0.5) is 13.2 Å². The molecule has 1 aromatic heterocycles. The van der Waals surface area contributed by atoms with Gasteiger partial charge in [-0.2, -0.15) is 13.2 Å². The van der Waals surface area contributed by atoms with Gasteiger partial charge in [-0.3, -0.25) is 9.36 Å². The molecule has 1 amide bonds. The zero-order valence-corrected chi connectivity index (χ0v) is 20.9. The van der Waals surface area contributed by atoms with Crippen LogP contribution >= 0.6 is 27.7 Å². The number of thioether (sulfide) groups is 1. The van der Waals surface area contributed by atoms with Gasteiger partial charge in [0.25, 0.3) is 5.91 Å². The lowest BCUT2D eigenvalue weighted by Gasteiger charge is -2.12. The Kier molecular flexibility index (Phi) is 7.61. The molecule has 0 aliphatic rings. The summed E-state index contributed by atoms with van der Waals surface area (Å²) < 4.78 is 41.9. The maximum absolute atomic E-state index is 13.1. The minimum atomic E-state index is -4.40. The summed E-state index contributed by atoms with van der Waals surface area (Å²) in [6, 6.07) is 20.0. The Morgan fingerprint density at radius 1 is 1.03 bits per heavy atom. The molecule has 3 aromatic carbocycles. The van der Waals surface area contributed by atoms with E-state index in [2.05, 4.69) is 31.4 Å². The van der Waals surface area contributed by atoms with Gasteiger partial charge < -0.3 is 5.32 Å². The number of benzene rings is 3. The van der Waals surface area contributed by atoms with E-state index in [1.807, 2.05) is 43.3 Å². The van der Waals surface area contributed by atoms with E-state index in [0.717, 1.165) is 27.9 Å². The molecule has 0 aliphatic carbocycles. The van der Waals surface area contributed by atoms with Gasteiger partial charge in [0.1, 0.15) is 0 Å². The molecule has 4 aromatic rings. The van der Waals surface area contributed by atoms with E-state index >= 15 is 0 Å².